The van der Waals surface area contributed by atoms with Gasteiger partial charge < -0.3 is 28.8 Å². The van der Waals surface area contributed by atoms with Crippen LogP contribution in [0, 0.1) is 0 Å². The van der Waals surface area contributed by atoms with E-state index in [-0.39, 0.29) is 19.4 Å². The summed E-state index contributed by atoms with van der Waals surface area (Å²) in [4.78, 5) is 2.31. The van der Waals surface area contributed by atoms with E-state index in [4.69, 9.17) is 23.7 Å². The smallest absolute Gasteiger partial charge is 0.231 e. The molecule has 2 aromatic rings. The molecule has 0 saturated heterocycles. The van der Waals surface area contributed by atoms with Gasteiger partial charge in [-0.1, -0.05) is 6.07 Å². The molecule has 0 bridgehead atoms. The van der Waals surface area contributed by atoms with Crippen molar-refractivity contribution in [3.8, 4) is 28.7 Å². The molecule has 0 unspecified atom stereocenters. The topological polar surface area (TPSA) is 69.6 Å². The molecule has 0 fully saturated rings. The second-order valence-electron chi connectivity index (χ2n) is 7.26. The Morgan fingerprint density at radius 3 is 2.59 bits per heavy atom. The van der Waals surface area contributed by atoms with Crippen molar-refractivity contribution >= 4 is 0 Å². The van der Waals surface area contributed by atoms with Crippen molar-refractivity contribution in [3.63, 3.8) is 0 Å². The van der Waals surface area contributed by atoms with E-state index in [2.05, 4.69) is 18.0 Å². The molecule has 7 heteroatoms. The van der Waals surface area contributed by atoms with Crippen LogP contribution >= 0.6 is 0 Å². The van der Waals surface area contributed by atoms with E-state index < -0.39 is 0 Å². The molecule has 7 nitrogen and oxygen atoms in total. The number of rotatable bonds is 6. The van der Waals surface area contributed by atoms with Gasteiger partial charge in [0, 0.05) is 23.7 Å². The second-order valence-corrected chi connectivity index (χ2v) is 7.26. The van der Waals surface area contributed by atoms with Gasteiger partial charge in [0.2, 0.25) is 12.5 Å². The van der Waals surface area contributed by atoms with Crippen LogP contribution in [0.15, 0.2) is 18.2 Å². The van der Waals surface area contributed by atoms with Crippen LogP contribution in [0.3, 0.4) is 0 Å². The monoisotopic (exact) mass is 401 g/mol. The van der Waals surface area contributed by atoms with E-state index in [1.54, 1.807) is 21.3 Å². The minimum absolute atomic E-state index is 0.0617. The quantitative estimate of drug-likeness (QED) is 0.798. The molecular weight excluding hydrogens is 374 g/mol. The highest BCUT2D eigenvalue weighted by Gasteiger charge is 2.34. The average Bonchev–Trinajstić information content (AvgIpc) is 3.21. The van der Waals surface area contributed by atoms with E-state index in [0.29, 0.717) is 23.7 Å². The zero-order valence-corrected chi connectivity index (χ0v) is 17.3. The van der Waals surface area contributed by atoms with Crippen LogP contribution in [-0.4, -0.2) is 51.7 Å². The molecular formula is C22H27NO6. The van der Waals surface area contributed by atoms with Crippen LogP contribution in [0.5, 0.6) is 28.7 Å². The molecule has 0 amide bonds. The molecule has 1 atom stereocenters. The SMILES string of the molecule is COc1ccc(C[C@H]2c3c(cc4c(c3OC)OCO4)CCN2C)c(CO)c1OC. The molecule has 0 aliphatic carbocycles. The van der Waals surface area contributed by atoms with Crippen LogP contribution in [0.2, 0.25) is 0 Å². The molecule has 4 rings (SSSR count). The number of aliphatic hydroxyl groups excluding tert-OH is 1. The van der Waals surface area contributed by atoms with Gasteiger partial charge in [0.1, 0.15) is 0 Å². The lowest BCUT2D eigenvalue weighted by molar-refractivity contribution is 0.170. The van der Waals surface area contributed by atoms with Crippen molar-refractivity contribution in [2.45, 2.75) is 25.5 Å². The fraction of sp³-hybridized carbons (Fsp3) is 0.455. The molecule has 2 aliphatic heterocycles. The van der Waals surface area contributed by atoms with Crippen LogP contribution in [0.4, 0.5) is 0 Å². The number of ether oxygens (including phenoxy) is 5. The number of methoxy groups -OCH3 is 3. The number of hydrogen-bond acceptors (Lipinski definition) is 7. The largest absolute Gasteiger partial charge is 0.493 e. The van der Waals surface area contributed by atoms with Gasteiger partial charge in [-0.05, 0) is 43.1 Å². The molecule has 0 radical (unpaired) electrons. The van der Waals surface area contributed by atoms with Gasteiger partial charge in [0.15, 0.2) is 23.0 Å². The highest BCUT2D eigenvalue weighted by molar-refractivity contribution is 5.62. The molecule has 156 valence electrons. The predicted octanol–water partition coefficient (Wildman–Crippen LogP) is 2.71. The van der Waals surface area contributed by atoms with E-state index in [1.807, 2.05) is 12.1 Å². The van der Waals surface area contributed by atoms with Crippen molar-refractivity contribution in [2.75, 3.05) is 41.7 Å². The molecule has 29 heavy (non-hydrogen) atoms. The highest BCUT2D eigenvalue weighted by atomic mass is 16.7. The first-order valence-corrected chi connectivity index (χ1v) is 9.66. The second kappa shape index (κ2) is 8.00. The third-order valence-corrected chi connectivity index (χ3v) is 5.86. The Morgan fingerprint density at radius 1 is 1.10 bits per heavy atom. The molecule has 2 aromatic carbocycles. The number of nitrogens with zero attached hydrogens (tertiary/aromatic N) is 1. The zero-order valence-electron chi connectivity index (χ0n) is 17.3. The summed E-state index contributed by atoms with van der Waals surface area (Å²) in [6, 6.07) is 6.01. The van der Waals surface area contributed by atoms with Gasteiger partial charge >= 0.3 is 0 Å². The van der Waals surface area contributed by atoms with Crippen molar-refractivity contribution in [1.82, 2.24) is 4.90 Å². The summed E-state index contributed by atoms with van der Waals surface area (Å²) >= 11 is 0. The normalized spacial score (nSPS) is 17.8. The first-order valence-electron chi connectivity index (χ1n) is 9.66. The first kappa shape index (κ1) is 19.7. The van der Waals surface area contributed by atoms with E-state index in [9.17, 15) is 5.11 Å². The molecule has 1 N–H and O–H groups in total. The number of benzene rings is 2. The van der Waals surface area contributed by atoms with Gasteiger partial charge in [-0.2, -0.15) is 0 Å². The summed E-state index contributed by atoms with van der Waals surface area (Å²) in [5.74, 6) is 3.33. The summed E-state index contributed by atoms with van der Waals surface area (Å²) in [5, 5.41) is 10.1. The third kappa shape index (κ3) is 3.24. The number of aliphatic hydroxyl groups is 1. The predicted molar refractivity (Wildman–Crippen MR) is 107 cm³/mol. The third-order valence-electron chi connectivity index (χ3n) is 5.86. The number of hydrogen-bond donors (Lipinski definition) is 1. The fourth-order valence-corrected chi connectivity index (χ4v) is 4.39. The van der Waals surface area contributed by atoms with Crippen molar-refractivity contribution < 1.29 is 28.8 Å². The van der Waals surface area contributed by atoms with Crippen LogP contribution < -0.4 is 23.7 Å². The van der Waals surface area contributed by atoms with Gasteiger partial charge in [0.25, 0.3) is 0 Å². The lowest BCUT2D eigenvalue weighted by Crippen LogP contribution is -2.34. The molecule has 0 aromatic heterocycles. The molecule has 2 heterocycles. The van der Waals surface area contributed by atoms with Crippen molar-refractivity contribution in [1.29, 1.82) is 0 Å². The van der Waals surface area contributed by atoms with Crippen LogP contribution in [-0.2, 0) is 19.4 Å². The van der Waals surface area contributed by atoms with Crippen molar-refractivity contribution in [3.05, 3.63) is 40.5 Å². The van der Waals surface area contributed by atoms with E-state index >= 15 is 0 Å². The lowest BCUT2D eigenvalue weighted by Gasteiger charge is -2.36. The lowest BCUT2D eigenvalue weighted by atomic mass is 9.86. The Bertz CT molecular complexity index is 913. The Balaban J connectivity index is 1.80. The summed E-state index contributed by atoms with van der Waals surface area (Å²) in [6.45, 7) is 0.999. The van der Waals surface area contributed by atoms with Gasteiger partial charge in [-0.25, -0.2) is 0 Å². The minimum atomic E-state index is -0.128. The maximum atomic E-state index is 10.1. The van der Waals surface area contributed by atoms with Crippen molar-refractivity contribution in [2.24, 2.45) is 0 Å². The Hall–Kier alpha value is -2.64. The summed E-state index contributed by atoms with van der Waals surface area (Å²) in [5.41, 5.74) is 4.08. The van der Waals surface area contributed by atoms with Crippen LogP contribution in [0.1, 0.15) is 28.3 Å². The van der Waals surface area contributed by atoms with E-state index in [1.165, 1.54) is 5.56 Å². The summed E-state index contributed by atoms with van der Waals surface area (Å²) in [7, 11) is 6.96. The van der Waals surface area contributed by atoms with Crippen LogP contribution in [0.25, 0.3) is 0 Å². The molecule has 0 spiro atoms. The maximum absolute atomic E-state index is 10.1. The molecule has 2 aliphatic rings. The highest BCUT2D eigenvalue weighted by Crippen LogP contribution is 2.50. The average molecular weight is 401 g/mol. The number of fused-ring (bicyclic) bond motifs is 2. The minimum Gasteiger partial charge on any atom is -0.493 e. The first-order chi connectivity index (χ1) is 14.1. The summed E-state index contributed by atoms with van der Waals surface area (Å²) < 4.78 is 28.0. The van der Waals surface area contributed by atoms with E-state index in [0.717, 1.165) is 41.2 Å². The number of likely N-dealkylation sites (N-methyl/N-ethyl adjacent to an activating group) is 1. The molecule has 0 saturated carbocycles. The standard InChI is InChI=1S/C22H27NO6/c1-23-8-7-14-10-18-21(29-12-28-18)22(27-4)19(14)16(23)9-13-5-6-17(25-2)20(26-3)15(13)11-24/h5-6,10,16,24H,7-9,11-12H2,1-4H3/t16-/m0/s1. The van der Waals surface area contributed by atoms with Gasteiger partial charge in [-0.15, -0.1) is 0 Å². The Morgan fingerprint density at radius 2 is 1.90 bits per heavy atom. The Labute approximate surface area is 170 Å². The zero-order chi connectivity index (χ0) is 20.5. The van der Waals surface area contributed by atoms with Gasteiger partial charge in [-0.3, -0.25) is 4.90 Å². The fourth-order valence-electron chi connectivity index (χ4n) is 4.39. The van der Waals surface area contributed by atoms with Gasteiger partial charge in [0.05, 0.1) is 27.9 Å². The Kier molecular flexibility index (Phi) is 5.43. The maximum Gasteiger partial charge on any atom is 0.231 e. The summed E-state index contributed by atoms with van der Waals surface area (Å²) in [6.07, 6.45) is 1.60.